The second kappa shape index (κ2) is 8.50. The van der Waals surface area contributed by atoms with Crippen LogP contribution in [-0.2, 0) is 9.59 Å². The Morgan fingerprint density at radius 1 is 0.960 bits per heavy atom. The van der Waals surface area contributed by atoms with Crippen LogP contribution in [0.4, 0.5) is 5.69 Å². The first-order valence-corrected chi connectivity index (χ1v) is 9.50. The lowest BCUT2D eigenvalue weighted by Crippen LogP contribution is -2.38. The molecule has 25 heavy (non-hydrogen) atoms. The highest BCUT2D eigenvalue weighted by atomic mass is 16.2. The maximum atomic E-state index is 12.7. The second-order valence-electron chi connectivity index (χ2n) is 7.89. The second-order valence-corrected chi connectivity index (χ2v) is 7.89. The van der Waals surface area contributed by atoms with E-state index in [0.717, 1.165) is 36.9 Å². The van der Waals surface area contributed by atoms with Crippen molar-refractivity contribution < 1.29 is 9.59 Å². The number of nitrogens with one attached hydrogen (secondary N) is 2. The first-order valence-electron chi connectivity index (χ1n) is 9.50. The molecule has 0 heterocycles. The Morgan fingerprint density at radius 3 is 2.04 bits per heavy atom. The molecule has 0 aromatic heterocycles. The minimum Gasteiger partial charge on any atom is -0.354 e. The number of rotatable bonds is 5. The van der Waals surface area contributed by atoms with Gasteiger partial charge >= 0.3 is 0 Å². The molecule has 0 unspecified atom stereocenters. The molecule has 1 aliphatic carbocycles. The molecule has 1 aromatic rings. The van der Waals surface area contributed by atoms with Crippen molar-refractivity contribution in [2.75, 3.05) is 5.32 Å². The van der Waals surface area contributed by atoms with Crippen LogP contribution in [-0.4, -0.2) is 17.9 Å². The maximum absolute atomic E-state index is 12.7. The Labute approximate surface area is 151 Å². The third-order valence-electron chi connectivity index (χ3n) is 5.07. The normalized spacial score (nSPS) is 20.6. The lowest BCUT2D eigenvalue weighted by atomic mass is 9.81. The Morgan fingerprint density at radius 2 is 1.52 bits per heavy atom. The molecule has 0 saturated heterocycles. The van der Waals surface area contributed by atoms with E-state index in [9.17, 15) is 9.59 Å². The number of hydrogen-bond acceptors (Lipinski definition) is 2. The van der Waals surface area contributed by atoms with Gasteiger partial charge in [0, 0.05) is 23.6 Å². The van der Waals surface area contributed by atoms with E-state index in [2.05, 4.69) is 30.5 Å². The molecule has 0 bridgehead atoms. The van der Waals surface area contributed by atoms with Crippen LogP contribution < -0.4 is 10.6 Å². The molecule has 1 fully saturated rings. The molecule has 1 aromatic carbocycles. The van der Waals surface area contributed by atoms with Gasteiger partial charge in [0.1, 0.15) is 0 Å². The summed E-state index contributed by atoms with van der Waals surface area (Å²) in [5.41, 5.74) is 3.24. The van der Waals surface area contributed by atoms with E-state index in [0.29, 0.717) is 5.92 Å². The molecule has 1 aliphatic rings. The minimum atomic E-state index is 0.00252. The van der Waals surface area contributed by atoms with Crippen molar-refractivity contribution in [2.45, 2.75) is 72.3 Å². The quantitative estimate of drug-likeness (QED) is 0.832. The summed E-state index contributed by atoms with van der Waals surface area (Å²) in [5.74, 6) is 0.651. The summed E-state index contributed by atoms with van der Waals surface area (Å²) in [6.45, 7) is 10.3. The molecule has 0 aliphatic heterocycles. The predicted molar refractivity (Wildman–Crippen MR) is 103 cm³/mol. The number of amides is 2. The number of para-hydroxylation sites is 1. The molecule has 2 rings (SSSR count). The summed E-state index contributed by atoms with van der Waals surface area (Å²) in [7, 11) is 0. The average molecular weight is 344 g/mol. The van der Waals surface area contributed by atoms with Gasteiger partial charge in [-0.2, -0.15) is 0 Å². The topological polar surface area (TPSA) is 58.2 Å². The highest BCUT2D eigenvalue weighted by molar-refractivity contribution is 5.94. The number of benzene rings is 1. The first kappa shape index (κ1) is 19.5. The number of hydrogen-bond donors (Lipinski definition) is 2. The molecule has 4 nitrogen and oxygen atoms in total. The first-order chi connectivity index (χ1) is 11.8. The monoisotopic (exact) mass is 344 g/mol. The van der Waals surface area contributed by atoms with Gasteiger partial charge in [0.2, 0.25) is 11.8 Å². The minimum absolute atomic E-state index is 0.00252. The molecule has 0 spiro atoms. The number of anilines is 1. The standard InChI is InChI=1S/C21H32N2O2/c1-13(2)18-8-6-7-15(5)19(18)23-21(25)17-11-9-16(10-12-17)20(24)22-14(3)4/h6-8,13-14,16-17H,9-12H2,1-5H3,(H,22,24)(H,23,25). The number of carbonyl (C=O) groups is 2. The summed E-state index contributed by atoms with van der Waals surface area (Å²) >= 11 is 0. The lowest BCUT2D eigenvalue weighted by molar-refractivity contribution is -0.128. The summed E-state index contributed by atoms with van der Waals surface area (Å²) < 4.78 is 0. The Hall–Kier alpha value is -1.84. The van der Waals surface area contributed by atoms with Crippen molar-refractivity contribution in [1.82, 2.24) is 5.32 Å². The maximum Gasteiger partial charge on any atom is 0.227 e. The smallest absolute Gasteiger partial charge is 0.227 e. The molecule has 2 N–H and O–H groups in total. The summed E-state index contributed by atoms with van der Waals surface area (Å²) in [5, 5.41) is 6.15. The van der Waals surface area contributed by atoms with Gasteiger partial charge < -0.3 is 10.6 Å². The van der Waals surface area contributed by atoms with Crippen molar-refractivity contribution in [2.24, 2.45) is 11.8 Å². The zero-order valence-electron chi connectivity index (χ0n) is 16.2. The van der Waals surface area contributed by atoms with Crippen molar-refractivity contribution in [3.8, 4) is 0 Å². The highest BCUT2D eigenvalue weighted by Gasteiger charge is 2.30. The van der Waals surface area contributed by atoms with Gasteiger partial charge in [0.15, 0.2) is 0 Å². The van der Waals surface area contributed by atoms with E-state index in [-0.39, 0.29) is 29.7 Å². The van der Waals surface area contributed by atoms with E-state index >= 15 is 0 Å². The molecule has 0 atom stereocenters. The number of carbonyl (C=O) groups excluding carboxylic acids is 2. The van der Waals surface area contributed by atoms with Crippen LogP contribution in [0.3, 0.4) is 0 Å². The fourth-order valence-electron chi connectivity index (χ4n) is 3.59. The van der Waals surface area contributed by atoms with E-state index in [1.165, 1.54) is 5.56 Å². The summed E-state index contributed by atoms with van der Waals surface area (Å²) in [6.07, 6.45) is 3.15. The molecule has 2 amide bonds. The van der Waals surface area contributed by atoms with E-state index in [4.69, 9.17) is 0 Å². The van der Waals surface area contributed by atoms with Crippen molar-refractivity contribution >= 4 is 17.5 Å². The molecule has 1 saturated carbocycles. The number of aryl methyl sites for hydroxylation is 1. The summed E-state index contributed by atoms with van der Waals surface area (Å²) in [6, 6.07) is 6.33. The van der Waals surface area contributed by atoms with Gasteiger partial charge in [-0.25, -0.2) is 0 Å². The van der Waals surface area contributed by atoms with Gasteiger partial charge in [-0.15, -0.1) is 0 Å². The van der Waals surface area contributed by atoms with Crippen molar-refractivity contribution in [3.05, 3.63) is 29.3 Å². The van der Waals surface area contributed by atoms with Crippen LogP contribution in [0.5, 0.6) is 0 Å². The van der Waals surface area contributed by atoms with Crippen LogP contribution in [0.15, 0.2) is 18.2 Å². The highest BCUT2D eigenvalue weighted by Crippen LogP contribution is 2.32. The fourth-order valence-corrected chi connectivity index (χ4v) is 3.59. The molecular weight excluding hydrogens is 312 g/mol. The Bertz CT molecular complexity index is 614. The van der Waals surface area contributed by atoms with E-state index in [1.807, 2.05) is 32.9 Å². The lowest BCUT2D eigenvalue weighted by Gasteiger charge is -2.28. The Balaban J connectivity index is 1.97. The third kappa shape index (κ3) is 5.07. The van der Waals surface area contributed by atoms with Crippen LogP contribution in [0.25, 0.3) is 0 Å². The van der Waals surface area contributed by atoms with Crippen LogP contribution in [0.1, 0.15) is 70.4 Å². The molecule has 0 radical (unpaired) electrons. The average Bonchev–Trinajstić information content (AvgIpc) is 2.55. The van der Waals surface area contributed by atoms with Crippen LogP contribution in [0, 0.1) is 18.8 Å². The van der Waals surface area contributed by atoms with Crippen molar-refractivity contribution in [1.29, 1.82) is 0 Å². The van der Waals surface area contributed by atoms with Crippen molar-refractivity contribution in [3.63, 3.8) is 0 Å². The van der Waals surface area contributed by atoms with Gasteiger partial charge in [-0.3, -0.25) is 9.59 Å². The third-order valence-corrected chi connectivity index (χ3v) is 5.07. The zero-order chi connectivity index (χ0) is 18.6. The molecule has 4 heteroatoms. The zero-order valence-corrected chi connectivity index (χ0v) is 16.2. The molecule has 138 valence electrons. The molecular formula is C21H32N2O2. The van der Waals surface area contributed by atoms with Gasteiger partial charge in [-0.1, -0.05) is 32.0 Å². The van der Waals surface area contributed by atoms with Crippen LogP contribution >= 0.6 is 0 Å². The largest absolute Gasteiger partial charge is 0.354 e. The van der Waals surface area contributed by atoms with Gasteiger partial charge in [-0.05, 0) is 63.5 Å². The predicted octanol–water partition coefficient (Wildman–Crippen LogP) is 4.39. The summed E-state index contributed by atoms with van der Waals surface area (Å²) in [4.78, 5) is 24.9. The Kier molecular flexibility index (Phi) is 6.63. The fraction of sp³-hybridized carbons (Fsp3) is 0.619. The van der Waals surface area contributed by atoms with Gasteiger partial charge in [0.25, 0.3) is 0 Å². The van der Waals surface area contributed by atoms with E-state index < -0.39 is 0 Å². The SMILES string of the molecule is Cc1cccc(C(C)C)c1NC(=O)C1CCC(C(=O)NC(C)C)CC1. The van der Waals surface area contributed by atoms with Crippen LogP contribution in [0.2, 0.25) is 0 Å². The van der Waals surface area contributed by atoms with E-state index in [1.54, 1.807) is 0 Å². The van der Waals surface area contributed by atoms with Gasteiger partial charge in [0.05, 0.1) is 0 Å².